The SMILES string of the molecule is N#Cc1cnc(NCC2(CO)CC2)c(N)c1. The summed E-state index contributed by atoms with van der Waals surface area (Å²) in [5, 5.41) is 20.9. The zero-order valence-corrected chi connectivity index (χ0v) is 8.90. The standard InChI is InChI=1S/C11H14N4O/c12-4-8-3-9(13)10(14-5-8)15-6-11(7-16)1-2-11/h3,5,16H,1-2,6-7,13H2,(H,14,15). The molecular formula is C11H14N4O. The van der Waals surface area contributed by atoms with Gasteiger partial charge in [0.25, 0.3) is 0 Å². The summed E-state index contributed by atoms with van der Waals surface area (Å²) >= 11 is 0. The Kier molecular flexibility index (Phi) is 2.67. The Hall–Kier alpha value is -1.80. The van der Waals surface area contributed by atoms with Crippen LogP contribution in [-0.2, 0) is 0 Å². The highest BCUT2D eigenvalue weighted by molar-refractivity contribution is 5.63. The van der Waals surface area contributed by atoms with Crippen molar-refractivity contribution in [2.45, 2.75) is 12.8 Å². The lowest BCUT2D eigenvalue weighted by Crippen LogP contribution is -2.20. The van der Waals surface area contributed by atoms with Crippen LogP contribution in [0.4, 0.5) is 11.5 Å². The first-order chi connectivity index (χ1) is 7.69. The van der Waals surface area contributed by atoms with Gasteiger partial charge in [0.2, 0.25) is 0 Å². The van der Waals surface area contributed by atoms with E-state index >= 15 is 0 Å². The summed E-state index contributed by atoms with van der Waals surface area (Å²) in [6, 6.07) is 3.57. The van der Waals surface area contributed by atoms with E-state index in [9.17, 15) is 0 Å². The molecule has 5 heteroatoms. The van der Waals surface area contributed by atoms with E-state index in [-0.39, 0.29) is 12.0 Å². The number of anilines is 2. The Balaban J connectivity index is 2.02. The smallest absolute Gasteiger partial charge is 0.149 e. The maximum absolute atomic E-state index is 9.15. The van der Waals surface area contributed by atoms with Gasteiger partial charge < -0.3 is 16.2 Å². The van der Waals surface area contributed by atoms with E-state index in [4.69, 9.17) is 16.1 Å². The van der Waals surface area contributed by atoms with Crippen LogP contribution in [0, 0.1) is 16.7 Å². The highest BCUT2D eigenvalue weighted by atomic mass is 16.3. The molecule has 84 valence electrons. The summed E-state index contributed by atoms with van der Waals surface area (Å²) in [5.41, 5.74) is 6.68. The first kappa shape index (κ1) is 10.7. The molecular weight excluding hydrogens is 204 g/mol. The first-order valence-electron chi connectivity index (χ1n) is 5.19. The van der Waals surface area contributed by atoms with Crippen molar-refractivity contribution in [1.82, 2.24) is 4.98 Å². The van der Waals surface area contributed by atoms with Crippen LogP contribution in [-0.4, -0.2) is 23.2 Å². The van der Waals surface area contributed by atoms with Crippen molar-refractivity contribution in [3.63, 3.8) is 0 Å². The normalized spacial score (nSPS) is 16.5. The third-order valence-electron chi connectivity index (χ3n) is 2.97. The number of nitrogens with zero attached hydrogens (tertiary/aromatic N) is 2. The van der Waals surface area contributed by atoms with E-state index in [1.54, 1.807) is 6.07 Å². The number of aromatic nitrogens is 1. The summed E-state index contributed by atoms with van der Waals surface area (Å²) in [5.74, 6) is 0.582. The van der Waals surface area contributed by atoms with Crippen LogP contribution >= 0.6 is 0 Å². The minimum Gasteiger partial charge on any atom is -0.396 e. The largest absolute Gasteiger partial charge is 0.396 e. The molecule has 1 saturated carbocycles. The van der Waals surface area contributed by atoms with Gasteiger partial charge in [0.05, 0.1) is 17.9 Å². The Morgan fingerprint density at radius 1 is 1.62 bits per heavy atom. The summed E-state index contributed by atoms with van der Waals surface area (Å²) in [7, 11) is 0. The van der Waals surface area contributed by atoms with E-state index in [0.717, 1.165) is 12.8 Å². The minimum atomic E-state index is 0.0159. The van der Waals surface area contributed by atoms with E-state index in [1.807, 2.05) is 6.07 Å². The Bertz CT molecular complexity index is 434. The highest BCUT2D eigenvalue weighted by Gasteiger charge is 2.41. The molecule has 0 unspecified atom stereocenters. The molecule has 1 fully saturated rings. The molecule has 1 aromatic heterocycles. The number of aliphatic hydroxyl groups is 1. The van der Waals surface area contributed by atoms with Crippen LogP contribution in [0.5, 0.6) is 0 Å². The minimum absolute atomic E-state index is 0.0159. The van der Waals surface area contributed by atoms with Crippen molar-refractivity contribution in [3.8, 4) is 6.07 Å². The molecule has 1 aliphatic rings. The molecule has 0 aromatic carbocycles. The third kappa shape index (κ3) is 2.07. The summed E-state index contributed by atoms with van der Waals surface area (Å²) in [4.78, 5) is 4.07. The van der Waals surface area contributed by atoms with Gasteiger partial charge in [-0.15, -0.1) is 0 Å². The average Bonchev–Trinajstić information content (AvgIpc) is 3.08. The van der Waals surface area contributed by atoms with Gasteiger partial charge in [0.1, 0.15) is 11.9 Å². The van der Waals surface area contributed by atoms with E-state index in [0.29, 0.717) is 23.6 Å². The molecule has 0 saturated heterocycles. The van der Waals surface area contributed by atoms with Crippen molar-refractivity contribution in [1.29, 1.82) is 5.26 Å². The summed E-state index contributed by atoms with van der Waals surface area (Å²) in [6.07, 6.45) is 3.55. The molecule has 1 aromatic rings. The van der Waals surface area contributed by atoms with Gasteiger partial charge in [-0.2, -0.15) is 5.26 Å². The fraction of sp³-hybridized carbons (Fsp3) is 0.455. The number of nitriles is 1. The quantitative estimate of drug-likeness (QED) is 0.692. The van der Waals surface area contributed by atoms with Crippen molar-refractivity contribution >= 4 is 11.5 Å². The topological polar surface area (TPSA) is 95.0 Å². The molecule has 1 aliphatic carbocycles. The molecule has 16 heavy (non-hydrogen) atoms. The van der Waals surface area contributed by atoms with Crippen LogP contribution in [0.25, 0.3) is 0 Å². The number of pyridine rings is 1. The maximum Gasteiger partial charge on any atom is 0.149 e. The number of nitrogens with two attached hydrogens (primary N) is 1. The highest BCUT2D eigenvalue weighted by Crippen LogP contribution is 2.45. The Morgan fingerprint density at radius 3 is 2.88 bits per heavy atom. The monoisotopic (exact) mass is 218 g/mol. The van der Waals surface area contributed by atoms with Crippen LogP contribution in [0.15, 0.2) is 12.3 Å². The van der Waals surface area contributed by atoms with E-state index in [2.05, 4.69) is 10.3 Å². The van der Waals surface area contributed by atoms with Gasteiger partial charge in [0.15, 0.2) is 0 Å². The third-order valence-corrected chi connectivity index (χ3v) is 2.97. The van der Waals surface area contributed by atoms with Gasteiger partial charge >= 0.3 is 0 Å². The Labute approximate surface area is 93.9 Å². The molecule has 0 radical (unpaired) electrons. The second-order valence-electron chi connectivity index (χ2n) is 4.29. The molecule has 0 amide bonds. The number of hydrogen-bond donors (Lipinski definition) is 3. The van der Waals surface area contributed by atoms with Gasteiger partial charge in [0, 0.05) is 18.2 Å². The molecule has 1 heterocycles. The zero-order chi connectivity index (χ0) is 11.6. The molecule has 0 spiro atoms. The second kappa shape index (κ2) is 3.99. The van der Waals surface area contributed by atoms with Crippen molar-refractivity contribution in [2.75, 3.05) is 24.2 Å². The molecule has 2 rings (SSSR count). The number of aliphatic hydroxyl groups excluding tert-OH is 1. The predicted octanol–water partition coefficient (Wildman–Crippen LogP) is 0.720. The number of rotatable bonds is 4. The molecule has 0 aliphatic heterocycles. The maximum atomic E-state index is 9.15. The van der Waals surface area contributed by atoms with Crippen molar-refractivity contribution in [3.05, 3.63) is 17.8 Å². The van der Waals surface area contributed by atoms with Crippen molar-refractivity contribution < 1.29 is 5.11 Å². The fourth-order valence-electron chi connectivity index (χ4n) is 1.53. The molecule has 0 atom stereocenters. The van der Waals surface area contributed by atoms with Crippen molar-refractivity contribution in [2.24, 2.45) is 5.41 Å². The number of hydrogen-bond acceptors (Lipinski definition) is 5. The van der Waals surface area contributed by atoms with E-state index in [1.165, 1.54) is 6.20 Å². The van der Waals surface area contributed by atoms with Gasteiger partial charge in [-0.3, -0.25) is 0 Å². The van der Waals surface area contributed by atoms with Gasteiger partial charge in [-0.1, -0.05) is 0 Å². The second-order valence-corrected chi connectivity index (χ2v) is 4.29. The summed E-state index contributed by atoms with van der Waals surface area (Å²) in [6.45, 7) is 0.864. The molecule has 4 N–H and O–H groups in total. The van der Waals surface area contributed by atoms with Crippen LogP contribution in [0.3, 0.4) is 0 Å². The first-order valence-corrected chi connectivity index (χ1v) is 5.19. The number of nitrogen functional groups attached to an aromatic ring is 1. The fourth-order valence-corrected chi connectivity index (χ4v) is 1.53. The van der Waals surface area contributed by atoms with Gasteiger partial charge in [-0.05, 0) is 18.9 Å². The zero-order valence-electron chi connectivity index (χ0n) is 8.90. The van der Waals surface area contributed by atoms with Crippen LogP contribution in [0.1, 0.15) is 18.4 Å². The Morgan fingerprint density at radius 2 is 2.38 bits per heavy atom. The predicted molar refractivity (Wildman–Crippen MR) is 60.6 cm³/mol. The van der Waals surface area contributed by atoms with E-state index < -0.39 is 0 Å². The molecule has 0 bridgehead atoms. The molecule has 5 nitrogen and oxygen atoms in total. The van der Waals surface area contributed by atoms with Gasteiger partial charge in [-0.25, -0.2) is 4.98 Å². The van der Waals surface area contributed by atoms with Crippen LogP contribution in [0.2, 0.25) is 0 Å². The summed E-state index contributed by atoms with van der Waals surface area (Å²) < 4.78 is 0. The average molecular weight is 218 g/mol. The lowest BCUT2D eigenvalue weighted by Gasteiger charge is -2.14. The lowest BCUT2D eigenvalue weighted by molar-refractivity contribution is 0.219. The lowest BCUT2D eigenvalue weighted by atomic mass is 10.1. The van der Waals surface area contributed by atoms with Crippen LogP contribution < -0.4 is 11.1 Å². The number of nitrogens with one attached hydrogen (secondary N) is 1.